The summed E-state index contributed by atoms with van der Waals surface area (Å²) in [6.45, 7) is 0.467. The van der Waals surface area contributed by atoms with Gasteiger partial charge in [0.15, 0.2) is 11.3 Å². The van der Waals surface area contributed by atoms with E-state index in [-0.39, 0.29) is 17.5 Å². The van der Waals surface area contributed by atoms with Gasteiger partial charge in [0, 0.05) is 43.4 Å². The van der Waals surface area contributed by atoms with E-state index in [2.05, 4.69) is 25.3 Å². The van der Waals surface area contributed by atoms with Gasteiger partial charge in [-0.05, 0) is 29.8 Å². The number of halogens is 3. The van der Waals surface area contributed by atoms with Gasteiger partial charge >= 0.3 is 6.18 Å². The average molecular weight is 513 g/mol. The Morgan fingerprint density at radius 2 is 1.92 bits per heavy atom. The van der Waals surface area contributed by atoms with Gasteiger partial charge in [0.25, 0.3) is 5.91 Å². The minimum atomic E-state index is -4.63. The van der Waals surface area contributed by atoms with E-state index >= 15 is 0 Å². The molecule has 2 N–H and O–H groups in total. The molecule has 1 saturated heterocycles. The van der Waals surface area contributed by atoms with Gasteiger partial charge in [-0.25, -0.2) is 19.9 Å². The van der Waals surface area contributed by atoms with E-state index in [9.17, 15) is 23.1 Å². The second-order valence-electron chi connectivity index (χ2n) is 8.24. The van der Waals surface area contributed by atoms with Crippen molar-refractivity contribution in [3.8, 4) is 22.0 Å². The minimum absolute atomic E-state index is 0.0337. The molecule has 0 unspecified atom stereocenters. The van der Waals surface area contributed by atoms with Crippen molar-refractivity contribution in [2.75, 3.05) is 18.9 Å². The van der Waals surface area contributed by atoms with Gasteiger partial charge in [-0.2, -0.15) is 13.2 Å². The molecule has 0 spiro atoms. The molecular weight excluding hydrogens is 493 g/mol. The lowest BCUT2D eigenvalue weighted by Gasteiger charge is -2.21. The Kier molecular flexibility index (Phi) is 5.92. The second kappa shape index (κ2) is 8.95. The fourth-order valence-electron chi connectivity index (χ4n) is 3.97. The summed E-state index contributed by atoms with van der Waals surface area (Å²) in [6, 6.07) is 11.3. The number of hydrogen-bond acceptors (Lipinski definition) is 8. The minimum Gasteiger partial charge on any atom is -0.375 e. The van der Waals surface area contributed by atoms with E-state index in [1.165, 1.54) is 34.6 Å². The molecule has 0 radical (unpaired) electrons. The summed E-state index contributed by atoms with van der Waals surface area (Å²) in [4.78, 5) is 30.3. The molecular formula is C24H19F3N6O2S. The van der Waals surface area contributed by atoms with E-state index in [4.69, 9.17) is 0 Å². The first kappa shape index (κ1) is 23.8. The summed E-state index contributed by atoms with van der Waals surface area (Å²) in [5, 5.41) is 16.0. The Hall–Kier alpha value is -3.90. The number of nitrogens with zero attached hydrogens (tertiary/aromatic N) is 5. The molecule has 12 heteroatoms. The molecule has 1 aromatic carbocycles. The van der Waals surface area contributed by atoms with Crippen molar-refractivity contribution in [1.82, 2.24) is 24.8 Å². The molecule has 5 rings (SSSR count). The summed E-state index contributed by atoms with van der Waals surface area (Å²) < 4.78 is 39.8. The van der Waals surface area contributed by atoms with Crippen LogP contribution in [0.25, 0.3) is 22.0 Å². The topological polar surface area (TPSA) is 104 Å². The van der Waals surface area contributed by atoms with Crippen molar-refractivity contribution in [3.63, 3.8) is 0 Å². The van der Waals surface area contributed by atoms with Gasteiger partial charge in [0.1, 0.15) is 10.7 Å². The smallest absolute Gasteiger partial charge is 0.375 e. The summed E-state index contributed by atoms with van der Waals surface area (Å²) in [7, 11) is 1.65. The zero-order valence-corrected chi connectivity index (χ0v) is 19.6. The molecule has 4 aromatic rings. The highest BCUT2D eigenvalue weighted by atomic mass is 32.1. The molecule has 1 aliphatic heterocycles. The summed E-state index contributed by atoms with van der Waals surface area (Å²) in [6.07, 6.45) is -1.84. The first-order chi connectivity index (χ1) is 17.1. The van der Waals surface area contributed by atoms with Gasteiger partial charge in [-0.15, -0.1) is 11.3 Å². The predicted octanol–water partition coefficient (Wildman–Crippen LogP) is 4.47. The van der Waals surface area contributed by atoms with Crippen LogP contribution in [0.5, 0.6) is 0 Å². The molecule has 8 nitrogen and oxygen atoms in total. The monoisotopic (exact) mass is 512 g/mol. The number of thiazole rings is 1. The van der Waals surface area contributed by atoms with E-state index in [1.807, 2.05) is 6.07 Å². The quantitative estimate of drug-likeness (QED) is 0.407. The van der Waals surface area contributed by atoms with E-state index < -0.39 is 17.5 Å². The third-order valence-corrected chi connectivity index (χ3v) is 6.73. The zero-order valence-electron chi connectivity index (χ0n) is 18.8. The number of benzene rings is 1. The fourth-order valence-corrected chi connectivity index (χ4v) is 4.78. The number of likely N-dealkylation sites (tertiary alicyclic amines) is 1. The molecule has 4 heterocycles. The van der Waals surface area contributed by atoms with Crippen LogP contribution in [0.4, 0.5) is 24.8 Å². The van der Waals surface area contributed by atoms with Gasteiger partial charge in [-0.1, -0.05) is 18.2 Å². The summed E-state index contributed by atoms with van der Waals surface area (Å²) in [5.74, 6) is -0.378. The number of amides is 1. The number of aliphatic hydroxyl groups is 1. The third-order valence-electron chi connectivity index (χ3n) is 5.84. The Bertz CT molecular complexity index is 1440. The van der Waals surface area contributed by atoms with Crippen LogP contribution >= 0.6 is 11.3 Å². The first-order valence-electron chi connectivity index (χ1n) is 10.8. The highest BCUT2D eigenvalue weighted by Crippen LogP contribution is 2.36. The lowest BCUT2D eigenvalue weighted by Crippen LogP contribution is -2.36. The maximum atomic E-state index is 13.3. The first-order valence-corrected chi connectivity index (χ1v) is 11.7. The lowest BCUT2D eigenvalue weighted by molar-refractivity contribution is -0.143. The van der Waals surface area contributed by atoms with Crippen LogP contribution in [0.2, 0.25) is 0 Å². The van der Waals surface area contributed by atoms with Crippen LogP contribution in [0.3, 0.4) is 0 Å². The SMILES string of the molecule is CN1CC[C@@](O)(c2cccc(-c3nc(-c4ccnc(Nc5cccnc5C(F)(F)F)n4)cs3)c2)C1=O. The highest BCUT2D eigenvalue weighted by Gasteiger charge is 2.45. The Labute approximate surface area is 207 Å². The number of pyridine rings is 1. The number of alkyl halides is 3. The predicted molar refractivity (Wildman–Crippen MR) is 127 cm³/mol. The summed E-state index contributed by atoms with van der Waals surface area (Å²) >= 11 is 1.34. The number of carbonyl (C=O) groups excluding carboxylic acids is 1. The maximum absolute atomic E-state index is 13.3. The molecule has 1 atom stereocenters. The fraction of sp³-hybridized carbons (Fsp3) is 0.208. The largest absolute Gasteiger partial charge is 0.435 e. The Morgan fingerprint density at radius 1 is 1.08 bits per heavy atom. The normalized spacial score (nSPS) is 18.0. The van der Waals surface area contributed by atoms with Crippen LogP contribution in [0.15, 0.2) is 60.2 Å². The number of likely N-dealkylation sites (N-methyl/N-ethyl adjacent to an activating group) is 1. The van der Waals surface area contributed by atoms with Gasteiger partial charge in [-0.3, -0.25) is 4.79 Å². The van der Waals surface area contributed by atoms with E-state index in [0.29, 0.717) is 34.9 Å². The van der Waals surface area contributed by atoms with Crippen molar-refractivity contribution >= 4 is 28.9 Å². The highest BCUT2D eigenvalue weighted by molar-refractivity contribution is 7.13. The van der Waals surface area contributed by atoms with Gasteiger partial charge in [0.05, 0.1) is 11.4 Å². The van der Waals surface area contributed by atoms with E-state index in [0.717, 1.165) is 11.8 Å². The van der Waals surface area contributed by atoms with Crippen LogP contribution in [0.1, 0.15) is 17.7 Å². The molecule has 3 aromatic heterocycles. The number of carbonyl (C=O) groups is 1. The van der Waals surface area contributed by atoms with Crippen LogP contribution < -0.4 is 5.32 Å². The summed E-state index contributed by atoms with van der Waals surface area (Å²) in [5.41, 5.74) is -0.766. The molecule has 36 heavy (non-hydrogen) atoms. The molecule has 0 saturated carbocycles. The van der Waals surface area contributed by atoms with Crippen molar-refractivity contribution in [2.24, 2.45) is 0 Å². The van der Waals surface area contributed by atoms with Crippen LogP contribution in [-0.4, -0.2) is 49.4 Å². The molecule has 184 valence electrons. The lowest BCUT2D eigenvalue weighted by atomic mass is 9.91. The molecule has 1 amide bonds. The molecule has 0 aliphatic carbocycles. The van der Waals surface area contributed by atoms with Crippen molar-refractivity contribution in [3.05, 3.63) is 71.5 Å². The molecule has 0 bridgehead atoms. The molecule has 1 aliphatic rings. The average Bonchev–Trinajstić information content (AvgIpc) is 3.46. The van der Waals surface area contributed by atoms with Crippen molar-refractivity contribution in [2.45, 2.75) is 18.2 Å². The van der Waals surface area contributed by atoms with Crippen molar-refractivity contribution < 1.29 is 23.1 Å². The molecule has 1 fully saturated rings. The number of rotatable bonds is 5. The van der Waals surface area contributed by atoms with Crippen molar-refractivity contribution in [1.29, 1.82) is 0 Å². The Morgan fingerprint density at radius 3 is 2.67 bits per heavy atom. The maximum Gasteiger partial charge on any atom is 0.435 e. The number of nitrogens with one attached hydrogen (secondary N) is 1. The number of anilines is 2. The van der Waals surface area contributed by atoms with E-state index in [1.54, 1.807) is 36.7 Å². The number of hydrogen-bond donors (Lipinski definition) is 2. The second-order valence-corrected chi connectivity index (χ2v) is 9.10. The van der Waals surface area contributed by atoms with Crippen LogP contribution in [0, 0.1) is 0 Å². The van der Waals surface area contributed by atoms with Gasteiger partial charge < -0.3 is 15.3 Å². The zero-order chi connectivity index (χ0) is 25.5. The Balaban J connectivity index is 1.41. The van der Waals surface area contributed by atoms with Gasteiger partial charge in [0.2, 0.25) is 5.95 Å². The standard InChI is InChI=1S/C24H19F3N6O2S/c1-33-11-8-23(35,21(33)34)15-5-2-4-14(12-15)20-30-18(13-36-20)16-7-10-29-22(31-16)32-17-6-3-9-28-19(17)24(25,26)27/h2-7,9-10,12-13,35H,8,11H2,1H3,(H,29,31,32)/t23-/m1/s1. The third kappa shape index (κ3) is 4.40. The van der Waals surface area contributed by atoms with Crippen LogP contribution in [-0.2, 0) is 16.6 Å². The number of aromatic nitrogens is 4.